The molecule has 4 rings (SSSR count). The molecule has 0 bridgehead atoms. The first-order valence-electron chi connectivity index (χ1n) is 8.70. The normalized spacial score (nSPS) is 20.0. The Balaban J connectivity index is 1.70. The van der Waals surface area contributed by atoms with Crippen molar-refractivity contribution >= 4 is 20.7 Å². The van der Waals surface area contributed by atoms with Crippen LogP contribution in [-0.2, 0) is 14.6 Å². The monoisotopic (exact) mass is 384 g/mol. The lowest BCUT2D eigenvalue weighted by atomic mass is 10.2. The zero-order valence-electron chi connectivity index (χ0n) is 14.8. The molecular weight excluding hydrogens is 364 g/mol. The Morgan fingerprint density at radius 3 is 2.67 bits per heavy atom. The van der Waals surface area contributed by atoms with Gasteiger partial charge < -0.3 is 14.8 Å². The van der Waals surface area contributed by atoms with Crippen molar-refractivity contribution in [3.8, 4) is 5.75 Å². The van der Waals surface area contributed by atoms with E-state index in [9.17, 15) is 8.42 Å². The van der Waals surface area contributed by atoms with Crippen molar-refractivity contribution in [2.24, 2.45) is 0 Å². The minimum Gasteiger partial charge on any atom is -0.484 e. The Morgan fingerprint density at radius 1 is 1.07 bits per heavy atom. The minimum absolute atomic E-state index is 0.109. The smallest absolute Gasteiger partial charge is 0.208 e. The third-order valence-electron chi connectivity index (χ3n) is 4.69. The highest BCUT2D eigenvalue weighted by Gasteiger charge is 2.29. The van der Waals surface area contributed by atoms with Gasteiger partial charge in [0.15, 0.2) is 0 Å². The van der Waals surface area contributed by atoms with Crippen LogP contribution in [0.1, 0.15) is 0 Å². The molecule has 7 heteroatoms. The van der Waals surface area contributed by atoms with Crippen molar-refractivity contribution in [1.29, 1.82) is 0 Å². The molecule has 3 aromatic rings. The molecule has 2 aromatic carbocycles. The summed E-state index contributed by atoms with van der Waals surface area (Å²) < 4.78 is 37.2. The quantitative estimate of drug-likeness (QED) is 0.728. The van der Waals surface area contributed by atoms with E-state index < -0.39 is 9.84 Å². The summed E-state index contributed by atoms with van der Waals surface area (Å²) in [6.07, 6.45) is 1.27. The molecule has 0 saturated carbocycles. The lowest BCUT2D eigenvalue weighted by Gasteiger charge is -2.19. The molecule has 140 valence electrons. The van der Waals surface area contributed by atoms with E-state index in [1.54, 1.807) is 36.4 Å². The number of rotatable bonds is 5. The summed E-state index contributed by atoms with van der Waals surface area (Å²) in [5.41, 5.74) is 0.631. The molecule has 2 atom stereocenters. The maximum atomic E-state index is 12.8. The number of sulfone groups is 1. The van der Waals surface area contributed by atoms with E-state index in [0.717, 1.165) is 0 Å². The van der Waals surface area contributed by atoms with E-state index in [4.69, 9.17) is 9.47 Å². The third kappa shape index (κ3) is 3.41. The summed E-state index contributed by atoms with van der Waals surface area (Å²) in [5.74, 6) is 0.618. The Kier molecular flexibility index (Phi) is 4.82. The van der Waals surface area contributed by atoms with Gasteiger partial charge in [0.2, 0.25) is 9.84 Å². The van der Waals surface area contributed by atoms with Crippen molar-refractivity contribution in [3.05, 3.63) is 60.8 Å². The second-order valence-electron chi connectivity index (χ2n) is 6.40. The van der Waals surface area contributed by atoms with Gasteiger partial charge >= 0.3 is 0 Å². The fourth-order valence-corrected chi connectivity index (χ4v) is 4.43. The van der Waals surface area contributed by atoms with Crippen LogP contribution in [-0.4, -0.2) is 45.8 Å². The predicted molar refractivity (Wildman–Crippen MR) is 102 cm³/mol. The second-order valence-corrected chi connectivity index (χ2v) is 8.35. The predicted octanol–water partition coefficient (Wildman–Crippen LogP) is 2.43. The summed E-state index contributed by atoms with van der Waals surface area (Å²) in [5, 5.41) is 3.89. The maximum absolute atomic E-state index is 12.8. The standard InChI is InChI=1S/C20H20N2O4S/c1-21-17-12-25-13-19(17)26-18-9-5-6-14-10-16(11-22-20(14)18)27(23,24)15-7-3-2-4-8-15/h2-11,17,19,21H,12-13H2,1H3/t17-,19-/m0/s1. The van der Waals surface area contributed by atoms with Crippen molar-refractivity contribution < 1.29 is 17.9 Å². The molecule has 6 nitrogen and oxygen atoms in total. The first kappa shape index (κ1) is 17.9. The average molecular weight is 384 g/mol. The molecule has 1 saturated heterocycles. The van der Waals surface area contributed by atoms with E-state index in [-0.39, 0.29) is 21.9 Å². The molecule has 0 amide bonds. The largest absolute Gasteiger partial charge is 0.484 e. The van der Waals surface area contributed by atoms with Gasteiger partial charge in [-0.05, 0) is 31.3 Å². The number of benzene rings is 2. The Bertz CT molecular complexity index is 1050. The van der Waals surface area contributed by atoms with E-state index in [0.29, 0.717) is 29.9 Å². The Morgan fingerprint density at radius 2 is 1.89 bits per heavy atom. The van der Waals surface area contributed by atoms with Crippen LogP contribution < -0.4 is 10.1 Å². The molecular formula is C20H20N2O4S. The van der Waals surface area contributed by atoms with Crippen LogP contribution in [0.3, 0.4) is 0 Å². The number of likely N-dealkylation sites (N-methyl/N-ethyl adjacent to an activating group) is 1. The number of hydrogen-bond acceptors (Lipinski definition) is 6. The first-order chi connectivity index (χ1) is 13.1. The van der Waals surface area contributed by atoms with Gasteiger partial charge in [-0.1, -0.05) is 30.3 Å². The van der Waals surface area contributed by atoms with Crippen LogP contribution >= 0.6 is 0 Å². The van der Waals surface area contributed by atoms with Gasteiger partial charge in [-0.25, -0.2) is 8.42 Å². The van der Waals surface area contributed by atoms with E-state index in [1.807, 2.05) is 25.2 Å². The van der Waals surface area contributed by atoms with E-state index in [1.165, 1.54) is 6.20 Å². The van der Waals surface area contributed by atoms with Gasteiger partial charge in [0.05, 0.1) is 29.0 Å². The number of pyridine rings is 1. The topological polar surface area (TPSA) is 77.5 Å². The number of para-hydroxylation sites is 1. The molecule has 1 aliphatic heterocycles. The van der Waals surface area contributed by atoms with Crippen LogP contribution in [0.25, 0.3) is 10.9 Å². The van der Waals surface area contributed by atoms with E-state index in [2.05, 4.69) is 10.3 Å². The molecule has 2 heterocycles. The highest BCUT2D eigenvalue weighted by atomic mass is 32.2. The third-order valence-corrected chi connectivity index (χ3v) is 6.43. The molecule has 0 radical (unpaired) electrons. The Hall–Kier alpha value is -2.48. The zero-order valence-corrected chi connectivity index (χ0v) is 15.6. The zero-order chi connectivity index (χ0) is 18.9. The fraction of sp³-hybridized carbons (Fsp3) is 0.250. The van der Waals surface area contributed by atoms with Crippen LogP contribution in [0.2, 0.25) is 0 Å². The number of nitrogens with one attached hydrogen (secondary N) is 1. The van der Waals surface area contributed by atoms with Crippen molar-refractivity contribution in [2.75, 3.05) is 20.3 Å². The summed E-state index contributed by atoms with van der Waals surface area (Å²) >= 11 is 0. The number of nitrogens with zero attached hydrogens (tertiary/aromatic N) is 1. The average Bonchev–Trinajstić information content (AvgIpc) is 3.15. The first-order valence-corrected chi connectivity index (χ1v) is 10.2. The van der Waals surface area contributed by atoms with Crippen LogP contribution in [0.15, 0.2) is 70.6 Å². The van der Waals surface area contributed by atoms with Crippen LogP contribution in [0.5, 0.6) is 5.75 Å². The van der Waals surface area contributed by atoms with Gasteiger partial charge in [0, 0.05) is 11.6 Å². The van der Waals surface area contributed by atoms with Gasteiger partial charge in [-0.15, -0.1) is 0 Å². The highest BCUT2D eigenvalue weighted by Crippen LogP contribution is 2.29. The molecule has 0 spiro atoms. The molecule has 1 fully saturated rings. The summed E-state index contributed by atoms with van der Waals surface area (Å²) in [7, 11) is -1.74. The van der Waals surface area contributed by atoms with Gasteiger partial charge in [0.1, 0.15) is 17.4 Å². The molecule has 0 unspecified atom stereocenters. The van der Waals surface area contributed by atoms with Gasteiger partial charge in [-0.3, -0.25) is 4.98 Å². The van der Waals surface area contributed by atoms with Gasteiger partial charge in [0.25, 0.3) is 0 Å². The summed E-state index contributed by atoms with van der Waals surface area (Å²) in [6.45, 7) is 1.10. The lowest BCUT2D eigenvalue weighted by Crippen LogP contribution is -2.39. The van der Waals surface area contributed by atoms with Crippen molar-refractivity contribution in [1.82, 2.24) is 10.3 Å². The molecule has 1 aromatic heterocycles. The molecule has 1 N–H and O–H groups in total. The molecule has 0 aliphatic carbocycles. The van der Waals surface area contributed by atoms with Gasteiger partial charge in [-0.2, -0.15) is 0 Å². The highest BCUT2D eigenvalue weighted by molar-refractivity contribution is 7.91. The lowest BCUT2D eigenvalue weighted by molar-refractivity contribution is 0.140. The molecule has 27 heavy (non-hydrogen) atoms. The minimum atomic E-state index is -3.61. The molecule has 1 aliphatic rings. The second kappa shape index (κ2) is 7.26. The number of aromatic nitrogens is 1. The van der Waals surface area contributed by atoms with Crippen molar-refractivity contribution in [3.63, 3.8) is 0 Å². The SMILES string of the molecule is CN[C@H]1COC[C@@H]1Oc1cccc2cc(S(=O)(=O)c3ccccc3)cnc12. The fourth-order valence-electron chi connectivity index (χ4n) is 3.17. The van der Waals surface area contributed by atoms with Crippen LogP contribution in [0, 0.1) is 0 Å². The summed E-state index contributed by atoms with van der Waals surface area (Å²) in [4.78, 5) is 4.81. The van der Waals surface area contributed by atoms with Crippen LogP contribution in [0.4, 0.5) is 0 Å². The van der Waals surface area contributed by atoms with Crippen molar-refractivity contribution in [2.45, 2.75) is 21.9 Å². The Labute approximate surface area is 158 Å². The maximum Gasteiger partial charge on any atom is 0.208 e. The summed E-state index contributed by atoms with van der Waals surface area (Å²) in [6, 6.07) is 15.6. The number of hydrogen-bond donors (Lipinski definition) is 1. The van der Waals surface area contributed by atoms with E-state index >= 15 is 0 Å². The number of ether oxygens (including phenoxy) is 2. The number of fused-ring (bicyclic) bond motifs is 1.